The molecule has 0 radical (unpaired) electrons. The van der Waals surface area contributed by atoms with Crippen molar-refractivity contribution in [2.24, 2.45) is 12.0 Å². The highest BCUT2D eigenvalue weighted by atomic mass is 35.5. The number of alkyl halides is 3. The van der Waals surface area contributed by atoms with Crippen LogP contribution in [0.4, 0.5) is 23.2 Å². The molecule has 1 saturated heterocycles. The molecule has 0 saturated carbocycles. The normalized spacial score (nSPS) is 16.6. The van der Waals surface area contributed by atoms with Crippen molar-refractivity contribution >= 4 is 52.0 Å². The van der Waals surface area contributed by atoms with E-state index in [-0.39, 0.29) is 44.1 Å². The van der Waals surface area contributed by atoms with E-state index in [4.69, 9.17) is 16.3 Å². The van der Waals surface area contributed by atoms with Crippen molar-refractivity contribution in [2.75, 3.05) is 20.2 Å². The molecule has 2 heterocycles. The number of rotatable bonds is 7. The molecule has 1 aliphatic rings. The van der Waals surface area contributed by atoms with Gasteiger partial charge in [0.2, 0.25) is 11.8 Å². The van der Waals surface area contributed by atoms with Gasteiger partial charge in [-0.2, -0.15) is 13.2 Å². The molecule has 0 spiro atoms. The van der Waals surface area contributed by atoms with E-state index in [1.54, 1.807) is 6.92 Å². The van der Waals surface area contributed by atoms with Crippen molar-refractivity contribution in [1.29, 1.82) is 0 Å². The monoisotopic (exact) mass is 593 g/mol. The lowest BCUT2D eigenvalue weighted by Crippen LogP contribution is -2.41. The Balaban J connectivity index is 2.15. The molecule has 2 aromatic rings. The fraction of sp³-hybridized carbons (Fsp3) is 0.364. The van der Waals surface area contributed by atoms with Crippen LogP contribution in [0.2, 0.25) is 5.02 Å². The molecule has 1 unspecified atom stereocenters. The second-order valence-corrected chi connectivity index (χ2v) is 9.48. The number of thioether (sulfide) groups is 1. The summed E-state index contributed by atoms with van der Waals surface area (Å²) in [5, 5.41) is 0.908. The maximum Gasteiger partial charge on any atom is 0.431 e. The Bertz CT molecular complexity index is 1490. The van der Waals surface area contributed by atoms with Gasteiger partial charge in [-0.25, -0.2) is 18.7 Å². The lowest BCUT2D eigenvalue weighted by Gasteiger charge is -2.16. The van der Waals surface area contributed by atoms with Gasteiger partial charge in [0.05, 0.1) is 23.0 Å². The maximum atomic E-state index is 14.9. The summed E-state index contributed by atoms with van der Waals surface area (Å²) in [5.41, 5.74) is -5.54. The molecule has 210 valence electrons. The maximum absolute atomic E-state index is 14.9. The Kier molecular flexibility index (Phi) is 8.90. The molecule has 39 heavy (non-hydrogen) atoms. The third-order valence-corrected chi connectivity index (χ3v) is 6.82. The number of halogens is 5. The summed E-state index contributed by atoms with van der Waals surface area (Å²) < 4.78 is 59.6. The van der Waals surface area contributed by atoms with Gasteiger partial charge >= 0.3 is 17.8 Å². The van der Waals surface area contributed by atoms with E-state index in [1.165, 1.54) is 7.05 Å². The Morgan fingerprint density at radius 2 is 1.87 bits per heavy atom. The van der Waals surface area contributed by atoms with Crippen molar-refractivity contribution in [3.63, 3.8) is 0 Å². The van der Waals surface area contributed by atoms with Crippen LogP contribution < -0.4 is 16.6 Å². The molecule has 1 fully saturated rings. The van der Waals surface area contributed by atoms with Crippen molar-refractivity contribution in [2.45, 2.75) is 24.8 Å². The molecule has 11 nitrogen and oxygen atoms in total. The molecule has 0 bridgehead atoms. The molecule has 17 heteroatoms. The van der Waals surface area contributed by atoms with Crippen LogP contribution >= 0.6 is 23.4 Å². The minimum absolute atomic E-state index is 0.0200. The molecular formula is C22H20ClF4N5O6S. The van der Waals surface area contributed by atoms with Gasteiger partial charge in [0.15, 0.2) is 5.17 Å². The average molecular weight is 594 g/mol. The summed E-state index contributed by atoms with van der Waals surface area (Å²) in [6, 6.07) is 1.65. The van der Waals surface area contributed by atoms with Gasteiger partial charge in [0.1, 0.15) is 23.3 Å². The number of aromatic nitrogens is 2. The molecule has 1 aromatic carbocycles. The number of aliphatic imine (C=N–C) groups is 1. The molecule has 1 atom stereocenters. The first-order valence-electron chi connectivity index (χ1n) is 11.0. The zero-order chi connectivity index (χ0) is 29.2. The third-order valence-electron chi connectivity index (χ3n) is 5.35. The predicted octanol–water partition coefficient (Wildman–Crippen LogP) is 1.98. The van der Waals surface area contributed by atoms with Gasteiger partial charge in [-0.1, -0.05) is 23.4 Å². The topological polar surface area (TPSA) is 132 Å². The van der Waals surface area contributed by atoms with Gasteiger partial charge in [0.25, 0.3) is 5.56 Å². The molecule has 1 N–H and O–H groups in total. The Labute approximate surface area is 226 Å². The number of hydrogen-bond acceptors (Lipinski definition) is 8. The number of amides is 2. The number of carbonyl (C=O) groups is 3. The Hall–Kier alpha value is -3.66. The van der Waals surface area contributed by atoms with Crippen LogP contribution in [0, 0.1) is 5.82 Å². The van der Waals surface area contributed by atoms with Gasteiger partial charge in [-0.05, 0) is 19.1 Å². The van der Waals surface area contributed by atoms with Gasteiger partial charge in [0, 0.05) is 26.6 Å². The highest BCUT2D eigenvalue weighted by Gasteiger charge is 2.40. The van der Waals surface area contributed by atoms with Crippen LogP contribution in [0.5, 0.6) is 0 Å². The van der Waals surface area contributed by atoms with Crippen molar-refractivity contribution in [3.8, 4) is 5.69 Å². The van der Waals surface area contributed by atoms with Gasteiger partial charge in [-0.15, -0.1) is 0 Å². The van der Waals surface area contributed by atoms with E-state index in [0.29, 0.717) is 6.07 Å². The largest absolute Gasteiger partial charge is 0.465 e. The fourth-order valence-corrected chi connectivity index (χ4v) is 4.83. The van der Waals surface area contributed by atoms with Crippen LogP contribution in [0.25, 0.3) is 5.69 Å². The number of esters is 1. The Morgan fingerprint density at radius 3 is 2.46 bits per heavy atom. The van der Waals surface area contributed by atoms with Crippen LogP contribution in [0.15, 0.2) is 32.8 Å². The van der Waals surface area contributed by atoms with E-state index in [0.717, 1.165) is 29.8 Å². The van der Waals surface area contributed by atoms with Gasteiger partial charge in [-0.3, -0.25) is 28.6 Å². The summed E-state index contributed by atoms with van der Waals surface area (Å²) in [6.45, 7) is 0.995. The summed E-state index contributed by atoms with van der Waals surface area (Å²) >= 11 is 6.91. The number of nitrogens with zero attached hydrogens (tertiary/aromatic N) is 4. The zero-order valence-corrected chi connectivity index (χ0v) is 22.0. The second kappa shape index (κ2) is 11.6. The summed E-state index contributed by atoms with van der Waals surface area (Å²) in [7, 11) is 2.13. The summed E-state index contributed by atoms with van der Waals surface area (Å²) in [5.74, 6) is -3.14. The quantitative estimate of drug-likeness (QED) is 0.383. The Morgan fingerprint density at radius 1 is 1.21 bits per heavy atom. The average Bonchev–Trinajstić information content (AvgIpc) is 3.12. The number of benzene rings is 1. The van der Waals surface area contributed by atoms with Gasteiger partial charge < -0.3 is 10.1 Å². The highest BCUT2D eigenvalue weighted by Crippen LogP contribution is 2.35. The lowest BCUT2D eigenvalue weighted by atomic mass is 10.2. The third kappa shape index (κ3) is 6.33. The number of carbonyl (C=O) groups excluding carboxylic acids is 3. The first kappa shape index (κ1) is 29.9. The number of nitrogens with one attached hydrogen (secondary N) is 1. The van der Waals surface area contributed by atoms with Crippen LogP contribution in [0.1, 0.15) is 19.0 Å². The van der Waals surface area contributed by atoms with Crippen LogP contribution in [0.3, 0.4) is 0 Å². The lowest BCUT2D eigenvalue weighted by molar-refractivity contribution is -0.146. The number of amidine groups is 1. The minimum atomic E-state index is -5.03. The number of hydrogen-bond donors (Lipinski definition) is 1. The van der Waals surface area contributed by atoms with Crippen molar-refractivity contribution in [1.82, 2.24) is 19.4 Å². The summed E-state index contributed by atoms with van der Waals surface area (Å²) in [4.78, 5) is 67.1. The summed E-state index contributed by atoms with van der Waals surface area (Å²) in [6.07, 6.45) is -5.29. The first-order valence-corrected chi connectivity index (χ1v) is 12.3. The van der Waals surface area contributed by atoms with E-state index < -0.39 is 64.2 Å². The fourth-order valence-electron chi connectivity index (χ4n) is 3.48. The van der Waals surface area contributed by atoms with E-state index in [1.807, 2.05) is 0 Å². The molecule has 1 aliphatic heterocycles. The molecule has 0 aliphatic carbocycles. The molecule has 2 amide bonds. The van der Waals surface area contributed by atoms with E-state index in [9.17, 15) is 41.5 Å². The molecular weight excluding hydrogens is 574 g/mol. The van der Waals surface area contributed by atoms with Crippen LogP contribution in [-0.4, -0.2) is 62.4 Å². The van der Waals surface area contributed by atoms with E-state index in [2.05, 4.69) is 10.3 Å². The predicted molar refractivity (Wildman–Crippen MR) is 133 cm³/mol. The zero-order valence-electron chi connectivity index (χ0n) is 20.5. The van der Waals surface area contributed by atoms with Crippen molar-refractivity contribution < 1.29 is 36.7 Å². The number of ether oxygens (including phenoxy) is 1. The highest BCUT2D eigenvalue weighted by molar-refractivity contribution is 8.15. The standard InChI is InChI=1S/C22H20ClF4N5O6S/c1-4-38-18(35)9-31-19(36)14(7-16(33)28-2)39-20(31)29-12-6-13(11(24)5-10(12)23)32-17(34)8-15(22(25,26)27)30(3)21(32)37/h5-6,8,14H,4,7,9H2,1-3H3,(H,28,33). The first-order chi connectivity index (χ1) is 18.2. The van der Waals surface area contributed by atoms with Crippen molar-refractivity contribution in [3.05, 3.63) is 55.6 Å². The second-order valence-electron chi connectivity index (χ2n) is 7.91. The smallest absolute Gasteiger partial charge is 0.431 e. The molecule has 1 aromatic heterocycles. The van der Waals surface area contributed by atoms with Crippen LogP contribution in [-0.2, 0) is 32.3 Å². The molecule has 3 rings (SSSR count). The minimum Gasteiger partial charge on any atom is -0.465 e. The van der Waals surface area contributed by atoms with E-state index >= 15 is 0 Å². The SMILES string of the molecule is CCOC(=O)CN1C(=O)C(CC(=O)NC)SC1=Nc1cc(-n2c(=O)cc(C(F)(F)F)n(C)c2=O)c(F)cc1Cl.